The number of fused-ring (bicyclic) bond motifs is 3. The molecule has 3 heterocycles. The molecule has 0 fully saturated rings. The zero-order chi connectivity index (χ0) is 18.4. The predicted molar refractivity (Wildman–Crippen MR) is 112 cm³/mol. The average molecular weight is 485 g/mol. The van der Waals surface area contributed by atoms with E-state index in [4.69, 9.17) is 9.84 Å². The molecule has 0 saturated carbocycles. The summed E-state index contributed by atoms with van der Waals surface area (Å²) in [6.45, 7) is 0. The van der Waals surface area contributed by atoms with E-state index >= 15 is 0 Å². The van der Waals surface area contributed by atoms with Crippen LogP contribution >= 0.6 is 31.9 Å². The Morgan fingerprint density at radius 2 is 1.67 bits per heavy atom. The maximum Gasteiger partial charge on any atom is 0.213 e. The molecule has 27 heavy (non-hydrogen) atoms. The summed E-state index contributed by atoms with van der Waals surface area (Å²) >= 11 is 7.09. The molecule has 0 bridgehead atoms. The Balaban J connectivity index is 1.60. The molecule has 2 aliphatic rings. The highest BCUT2D eigenvalue weighted by atomic mass is 79.9. The van der Waals surface area contributed by atoms with E-state index in [2.05, 4.69) is 72.2 Å². The summed E-state index contributed by atoms with van der Waals surface area (Å²) in [5, 5.41) is 7.06. The van der Waals surface area contributed by atoms with Gasteiger partial charge in [0.05, 0.1) is 11.8 Å². The molecular weight excluding hydrogens is 470 g/mol. The number of pyridine rings is 1. The van der Waals surface area contributed by atoms with Gasteiger partial charge in [0.2, 0.25) is 6.23 Å². The Morgan fingerprint density at radius 3 is 2.44 bits per heavy atom. The fourth-order valence-electron chi connectivity index (χ4n) is 3.62. The van der Waals surface area contributed by atoms with Crippen LogP contribution in [0.15, 0.2) is 81.0 Å². The number of aromatic nitrogens is 1. The van der Waals surface area contributed by atoms with E-state index in [1.54, 1.807) is 12.4 Å². The molecule has 6 heteroatoms. The van der Waals surface area contributed by atoms with E-state index in [1.165, 1.54) is 0 Å². The third-order valence-corrected chi connectivity index (χ3v) is 5.94. The number of nitrogens with zero attached hydrogens (tertiary/aromatic N) is 3. The van der Waals surface area contributed by atoms with Gasteiger partial charge in [-0.05, 0) is 48.0 Å². The van der Waals surface area contributed by atoms with Gasteiger partial charge in [-0.2, -0.15) is 5.10 Å². The zero-order valence-corrected chi connectivity index (χ0v) is 17.4. The van der Waals surface area contributed by atoms with Crippen molar-refractivity contribution < 1.29 is 4.74 Å². The van der Waals surface area contributed by atoms with E-state index in [9.17, 15) is 0 Å². The normalized spacial score (nSPS) is 20.5. The van der Waals surface area contributed by atoms with Gasteiger partial charge in [0.1, 0.15) is 5.75 Å². The first-order chi connectivity index (χ1) is 13.2. The Bertz CT molecular complexity index is 1020. The van der Waals surface area contributed by atoms with Gasteiger partial charge >= 0.3 is 0 Å². The highest BCUT2D eigenvalue weighted by Crippen LogP contribution is 2.48. The van der Waals surface area contributed by atoms with Gasteiger partial charge in [0, 0.05) is 38.9 Å². The van der Waals surface area contributed by atoms with Gasteiger partial charge in [-0.3, -0.25) is 4.98 Å². The SMILES string of the molecule is Brc1ccc(C2=NN3[C@@H](C2)c2cc(Br)ccc2O[C@H]3c2ccncc2)cc1. The molecule has 0 radical (unpaired) electrons. The fraction of sp³-hybridized carbons (Fsp3) is 0.143. The molecule has 0 saturated heterocycles. The van der Waals surface area contributed by atoms with Crippen LogP contribution < -0.4 is 4.74 Å². The molecule has 0 unspecified atom stereocenters. The second kappa shape index (κ2) is 6.77. The van der Waals surface area contributed by atoms with Crippen LogP contribution in [0.25, 0.3) is 0 Å². The van der Waals surface area contributed by atoms with Gasteiger partial charge in [-0.15, -0.1) is 0 Å². The van der Waals surface area contributed by atoms with Crippen LogP contribution in [0.5, 0.6) is 5.75 Å². The van der Waals surface area contributed by atoms with Crippen molar-refractivity contribution >= 4 is 37.6 Å². The topological polar surface area (TPSA) is 37.7 Å². The minimum absolute atomic E-state index is 0.142. The van der Waals surface area contributed by atoms with Crippen LogP contribution in [-0.4, -0.2) is 15.7 Å². The second-order valence-electron chi connectivity index (χ2n) is 6.59. The van der Waals surface area contributed by atoms with Crippen LogP contribution in [0, 0.1) is 0 Å². The van der Waals surface area contributed by atoms with Crippen molar-refractivity contribution in [2.24, 2.45) is 5.10 Å². The molecule has 5 rings (SSSR count). The Kier molecular flexibility index (Phi) is 4.25. The van der Waals surface area contributed by atoms with Crippen LogP contribution in [-0.2, 0) is 0 Å². The van der Waals surface area contributed by atoms with Gasteiger partial charge in [0.25, 0.3) is 0 Å². The lowest BCUT2D eigenvalue weighted by Gasteiger charge is -2.38. The molecule has 4 nitrogen and oxygen atoms in total. The minimum atomic E-state index is -0.264. The largest absolute Gasteiger partial charge is 0.464 e. The quantitative estimate of drug-likeness (QED) is 0.458. The number of hydrogen-bond donors (Lipinski definition) is 0. The summed E-state index contributed by atoms with van der Waals surface area (Å²) in [6, 6.07) is 18.6. The highest BCUT2D eigenvalue weighted by molar-refractivity contribution is 9.10. The van der Waals surface area contributed by atoms with Gasteiger partial charge < -0.3 is 4.74 Å². The Labute approximate surface area is 174 Å². The summed E-state index contributed by atoms with van der Waals surface area (Å²) in [5.41, 5.74) is 4.41. The fourth-order valence-corrected chi connectivity index (χ4v) is 4.27. The molecule has 3 aromatic rings. The Hall–Kier alpha value is -2.18. The van der Waals surface area contributed by atoms with Crippen molar-refractivity contribution in [3.05, 3.63) is 92.6 Å². The maximum atomic E-state index is 6.35. The molecule has 1 aromatic heterocycles. The first kappa shape index (κ1) is 17.0. The summed E-state index contributed by atoms with van der Waals surface area (Å²) < 4.78 is 8.46. The van der Waals surface area contributed by atoms with E-state index in [0.29, 0.717) is 0 Å². The first-order valence-electron chi connectivity index (χ1n) is 8.67. The van der Waals surface area contributed by atoms with Gasteiger partial charge in [0.15, 0.2) is 0 Å². The molecule has 2 aliphatic heterocycles. The number of halogens is 2. The van der Waals surface area contributed by atoms with Crippen LogP contribution in [0.3, 0.4) is 0 Å². The van der Waals surface area contributed by atoms with Crippen molar-refractivity contribution in [1.29, 1.82) is 0 Å². The van der Waals surface area contributed by atoms with E-state index in [0.717, 1.165) is 43.5 Å². The van der Waals surface area contributed by atoms with Crippen LogP contribution in [0.4, 0.5) is 0 Å². The van der Waals surface area contributed by atoms with Gasteiger partial charge in [-0.1, -0.05) is 44.0 Å². The van der Waals surface area contributed by atoms with Crippen LogP contribution in [0.2, 0.25) is 0 Å². The number of hydrogen-bond acceptors (Lipinski definition) is 4. The predicted octanol–water partition coefficient (Wildman–Crippen LogP) is 5.85. The van der Waals surface area contributed by atoms with Crippen LogP contribution in [0.1, 0.15) is 35.4 Å². The van der Waals surface area contributed by atoms with Crippen molar-refractivity contribution in [1.82, 2.24) is 9.99 Å². The van der Waals surface area contributed by atoms with E-state index < -0.39 is 0 Å². The lowest BCUT2D eigenvalue weighted by molar-refractivity contribution is -0.0191. The lowest BCUT2D eigenvalue weighted by atomic mass is 9.96. The summed E-state index contributed by atoms with van der Waals surface area (Å²) in [6.07, 6.45) is 4.16. The molecule has 0 spiro atoms. The van der Waals surface area contributed by atoms with Gasteiger partial charge in [-0.25, -0.2) is 5.01 Å². The zero-order valence-electron chi connectivity index (χ0n) is 14.2. The summed E-state index contributed by atoms with van der Waals surface area (Å²) in [4.78, 5) is 4.13. The van der Waals surface area contributed by atoms with E-state index in [1.807, 2.05) is 24.3 Å². The third-order valence-electron chi connectivity index (χ3n) is 4.92. The Morgan fingerprint density at radius 1 is 0.926 bits per heavy atom. The monoisotopic (exact) mass is 483 g/mol. The van der Waals surface area contributed by atoms with Crippen molar-refractivity contribution in [3.8, 4) is 5.75 Å². The molecule has 134 valence electrons. The summed E-state index contributed by atoms with van der Waals surface area (Å²) in [7, 11) is 0. The average Bonchev–Trinajstić information content (AvgIpc) is 3.14. The molecule has 2 atom stereocenters. The second-order valence-corrected chi connectivity index (χ2v) is 8.42. The molecule has 0 N–H and O–H groups in total. The first-order valence-corrected chi connectivity index (χ1v) is 10.3. The van der Waals surface area contributed by atoms with E-state index in [-0.39, 0.29) is 12.3 Å². The number of rotatable bonds is 2. The highest BCUT2D eigenvalue weighted by Gasteiger charge is 2.41. The number of hydrazone groups is 1. The van der Waals surface area contributed by atoms with Crippen molar-refractivity contribution in [2.45, 2.75) is 18.7 Å². The standard InChI is InChI=1S/C21H15Br2N3O/c22-15-3-1-13(2-4-15)18-12-19-17-11-16(23)5-6-20(17)27-21(26(19)25-18)14-7-9-24-10-8-14/h1-11,19,21H,12H2/t19-,21-/m0/s1. The maximum absolute atomic E-state index is 6.35. The third kappa shape index (κ3) is 3.07. The van der Waals surface area contributed by atoms with Crippen molar-refractivity contribution in [3.63, 3.8) is 0 Å². The minimum Gasteiger partial charge on any atom is -0.464 e. The number of benzene rings is 2. The summed E-state index contributed by atoms with van der Waals surface area (Å²) in [5.74, 6) is 0.911. The molecule has 2 aromatic carbocycles. The lowest BCUT2D eigenvalue weighted by Crippen LogP contribution is -2.33. The number of ether oxygens (including phenoxy) is 1. The molecule has 0 aliphatic carbocycles. The smallest absolute Gasteiger partial charge is 0.213 e. The van der Waals surface area contributed by atoms with Crippen molar-refractivity contribution in [2.75, 3.05) is 0 Å². The molecule has 0 amide bonds. The molecular formula is C21H15Br2N3O.